The van der Waals surface area contributed by atoms with Gasteiger partial charge in [-0.2, -0.15) is 0 Å². The Kier molecular flexibility index (Phi) is 1.96. The summed E-state index contributed by atoms with van der Waals surface area (Å²) in [4.78, 5) is 4.08. The summed E-state index contributed by atoms with van der Waals surface area (Å²) in [7, 11) is 1.52. The Morgan fingerprint density at radius 3 is 2.86 bits per heavy atom. The van der Waals surface area contributed by atoms with Gasteiger partial charge in [-0.15, -0.1) is 0 Å². The van der Waals surface area contributed by atoms with E-state index in [-0.39, 0.29) is 5.69 Å². The van der Waals surface area contributed by atoms with E-state index in [1.54, 1.807) is 18.2 Å². The SMILES string of the molecule is COc1ccc2cc(N)c(F)cc2n1. The van der Waals surface area contributed by atoms with Crippen molar-refractivity contribution in [2.24, 2.45) is 0 Å². The number of hydrogen-bond donors (Lipinski definition) is 1. The van der Waals surface area contributed by atoms with E-state index in [4.69, 9.17) is 10.5 Å². The molecule has 14 heavy (non-hydrogen) atoms. The van der Waals surface area contributed by atoms with Crippen molar-refractivity contribution in [1.29, 1.82) is 0 Å². The van der Waals surface area contributed by atoms with Crippen molar-refractivity contribution in [3.8, 4) is 5.88 Å². The molecular weight excluding hydrogens is 183 g/mol. The first-order valence-electron chi connectivity index (χ1n) is 4.10. The monoisotopic (exact) mass is 192 g/mol. The van der Waals surface area contributed by atoms with Gasteiger partial charge in [0.05, 0.1) is 18.3 Å². The molecule has 4 heteroatoms. The quantitative estimate of drug-likeness (QED) is 0.702. The van der Waals surface area contributed by atoms with E-state index in [0.29, 0.717) is 11.4 Å². The van der Waals surface area contributed by atoms with Crippen LogP contribution in [0, 0.1) is 5.82 Å². The summed E-state index contributed by atoms with van der Waals surface area (Å²) in [6.45, 7) is 0. The highest BCUT2D eigenvalue weighted by molar-refractivity contribution is 5.82. The number of anilines is 1. The number of halogens is 1. The van der Waals surface area contributed by atoms with E-state index in [0.717, 1.165) is 5.39 Å². The Morgan fingerprint density at radius 1 is 1.36 bits per heavy atom. The minimum Gasteiger partial charge on any atom is -0.481 e. The third kappa shape index (κ3) is 1.35. The van der Waals surface area contributed by atoms with Gasteiger partial charge in [-0.3, -0.25) is 0 Å². The molecule has 0 unspecified atom stereocenters. The minimum atomic E-state index is -0.460. The van der Waals surface area contributed by atoms with Crippen molar-refractivity contribution >= 4 is 16.6 Å². The smallest absolute Gasteiger partial charge is 0.213 e. The molecule has 0 atom stereocenters. The normalized spacial score (nSPS) is 10.4. The Labute approximate surface area is 80.3 Å². The number of methoxy groups -OCH3 is 1. The van der Waals surface area contributed by atoms with Crippen LogP contribution in [0.3, 0.4) is 0 Å². The first kappa shape index (κ1) is 8.74. The van der Waals surface area contributed by atoms with Gasteiger partial charge < -0.3 is 10.5 Å². The molecule has 1 heterocycles. The summed E-state index contributed by atoms with van der Waals surface area (Å²) in [5.74, 6) is -0.0000699. The second-order valence-corrected chi connectivity index (χ2v) is 2.92. The molecule has 0 spiro atoms. The van der Waals surface area contributed by atoms with Crippen molar-refractivity contribution in [2.45, 2.75) is 0 Å². The Hall–Kier alpha value is -1.84. The van der Waals surface area contributed by atoms with E-state index in [1.807, 2.05) is 0 Å². The number of benzene rings is 1. The van der Waals surface area contributed by atoms with Crippen molar-refractivity contribution < 1.29 is 9.13 Å². The first-order valence-corrected chi connectivity index (χ1v) is 4.10. The van der Waals surface area contributed by atoms with Crippen LogP contribution in [0.4, 0.5) is 10.1 Å². The van der Waals surface area contributed by atoms with Crippen LogP contribution in [0.2, 0.25) is 0 Å². The van der Waals surface area contributed by atoms with Gasteiger partial charge in [0, 0.05) is 17.5 Å². The Morgan fingerprint density at radius 2 is 2.14 bits per heavy atom. The van der Waals surface area contributed by atoms with Crippen LogP contribution in [-0.4, -0.2) is 12.1 Å². The topological polar surface area (TPSA) is 48.1 Å². The predicted molar refractivity (Wildman–Crippen MR) is 52.7 cm³/mol. The third-order valence-electron chi connectivity index (χ3n) is 1.99. The van der Waals surface area contributed by atoms with Crippen LogP contribution in [0.1, 0.15) is 0 Å². The van der Waals surface area contributed by atoms with E-state index in [2.05, 4.69) is 4.98 Å². The molecule has 0 bridgehead atoms. The molecule has 1 aromatic heterocycles. The lowest BCUT2D eigenvalue weighted by Gasteiger charge is -2.02. The molecule has 2 aromatic rings. The molecule has 1 aromatic carbocycles. The van der Waals surface area contributed by atoms with E-state index in [1.165, 1.54) is 13.2 Å². The van der Waals surface area contributed by atoms with Crippen LogP contribution in [0.15, 0.2) is 24.3 Å². The average Bonchev–Trinajstić information content (AvgIpc) is 2.19. The third-order valence-corrected chi connectivity index (χ3v) is 1.99. The zero-order valence-electron chi connectivity index (χ0n) is 7.62. The fourth-order valence-electron chi connectivity index (χ4n) is 1.26. The number of ether oxygens (including phenoxy) is 1. The van der Waals surface area contributed by atoms with Crippen molar-refractivity contribution in [1.82, 2.24) is 4.98 Å². The fourth-order valence-corrected chi connectivity index (χ4v) is 1.26. The number of hydrogen-bond acceptors (Lipinski definition) is 3. The highest BCUT2D eigenvalue weighted by Crippen LogP contribution is 2.21. The molecule has 0 radical (unpaired) electrons. The highest BCUT2D eigenvalue weighted by Gasteiger charge is 2.03. The van der Waals surface area contributed by atoms with E-state index < -0.39 is 5.82 Å². The molecule has 0 aliphatic rings. The Balaban J connectivity index is 2.70. The van der Waals surface area contributed by atoms with Crippen molar-refractivity contribution in [3.63, 3.8) is 0 Å². The van der Waals surface area contributed by atoms with E-state index in [9.17, 15) is 4.39 Å². The molecule has 3 nitrogen and oxygen atoms in total. The maximum absolute atomic E-state index is 13.1. The summed E-state index contributed by atoms with van der Waals surface area (Å²) in [6, 6.07) is 6.35. The lowest BCUT2D eigenvalue weighted by Crippen LogP contribution is -1.93. The molecule has 0 aliphatic heterocycles. The molecule has 0 aliphatic carbocycles. The maximum Gasteiger partial charge on any atom is 0.213 e. The zero-order chi connectivity index (χ0) is 10.1. The van der Waals surface area contributed by atoms with Gasteiger partial charge in [0.25, 0.3) is 0 Å². The van der Waals surface area contributed by atoms with Crippen LogP contribution in [-0.2, 0) is 0 Å². The van der Waals surface area contributed by atoms with Crippen LogP contribution in [0.25, 0.3) is 10.9 Å². The summed E-state index contributed by atoms with van der Waals surface area (Å²) in [5.41, 5.74) is 6.09. The number of pyridine rings is 1. The van der Waals surface area contributed by atoms with Crippen molar-refractivity contribution in [2.75, 3.05) is 12.8 Å². The summed E-state index contributed by atoms with van der Waals surface area (Å²) in [5, 5.41) is 0.796. The number of nitrogen functional groups attached to an aromatic ring is 1. The molecule has 2 rings (SSSR count). The molecular formula is C10H9FN2O. The molecule has 72 valence electrons. The lowest BCUT2D eigenvalue weighted by atomic mass is 10.2. The predicted octanol–water partition coefficient (Wildman–Crippen LogP) is 1.96. The first-order chi connectivity index (χ1) is 6.70. The average molecular weight is 192 g/mol. The van der Waals surface area contributed by atoms with Crippen molar-refractivity contribution in [3.05, 3.63) is 30.1 Å². The number of fused-ring (bicyclic) bond motifs is 1. The van der Waals surface area contributed by atoms with Gasteiger partial charge in [-0.25, -0.2) is 9.37 Å². The molecule has 0 fully saturated rings. The number of rotatable bonds is 1. The fraction of sp³-hybridized carbons (Fsp3) is 0.100. The molecule has 0 saturated heterocycles. The van der Waals surface area contributed by atoms with Gasteiger partial charge in [0.2, 0.25) is 5.88 Å². The molecule has 0 saturated carbocycles. The zero-order valence-corrected chi connectivity index (χ0v) is 7.62. The maximum atomic E-state index is 13.1. The standard InChI is InChI=1S/C10H9FN2O/c1-14-10-3-2-6-4-8(12)7(11)5-9(6)13-10/h2-5H,12H2,1H3. The van der Waals surface area contributed by atoms with Gasteiger partial charge >= 0.3 is 0 Å². The number of nitrogens with two attached hydrogens (primary N) is 1. The lowest BCUT2D eigenvalue weighted by molar-refractivity contribution is 0.399. The molecule has 2 N–H and O–H groups in total. The minimum absolute atomic E-state index is 0.129. The number of aromatic nitrogens is 1. The van der Waals surface area contributed by atoms with Gasteiger partial charge in [0.15, 0.2) is 0 Å². The van der Waals surface area contributed by atoms with Crippen LogP contribution in [0.5, 0.6) is 5.88 Å². The second-order valence-electron chi connectivity index (χ2n) is 2.92. The largest absolute Gasteiger partial charge is 0.481 e. The van der Waals surface area contributed by atoms with Crippen LogP contribution < -0.4 is 10.5 Å². The van der Waals surface area contributed by atoms with Gasteiger partial charge in [-0.1, -0.05) is 0 Å². The highest BCUT2D eigenvalue weighted by atomic mass is 19.1. The summed E-state index contributed by atoms with van der Waals surface area (Å²) in [6.07, 6.45) is 0. The second kappa shape index (κ2) is 3.14. The van der Waals surface area contributed by atoms with Crippen LogP contribution >= 0.6 is 0 Å². The summed E-state index contributed by atoms with van der Waals surface area (Å²) < 4.78 is 18.0. The van der Waals surface area contributed by atoms with E-state index >= 15 is 0 Å². The number of nitrogens with zero attached hydrogens (tertiary/aromatic N) is 1. The Bertz CT molecular complexity index is 485. The molecule has 0 amide bonds. The van der Waals surface area contributed by atoms with Gasteiger partial charge in [-0.05, 0) is 12.1 Å². The van der Waals surface area contributed by atoms with Gasteiger partial charge in [0.1, 0.15) is 5.82 Å². The summed E-state index contributed by atoms with van der Waals surface area (Å²) >= 11 is 0.